The van der Waals surface area contributed by atoms with E-state index < -0.39 is 0 Å². The molecule has 1 aliphatic rings. The SMILES string of the molecule is CC(Sc1nnc(-c2ccccc2Br)n1N)C(=O)NC1CCCCC1C. The van der Waals surface area contributed by atoms with Gasteiger partial charge in [0.15, 0.2) is 5.82 Å². The van der Waals surface area contributed by atoms with Gasteiger partial charge in [0.25, 0.3) is 0 Å². The molecule has 3 atom stereocenters. The van der Waals surface area contributed by atoms with Gasteiger partial charge in [-0.2, -0.15) is 0 Å². The summed E-state index contributed by atoms with van der Waals surface area (Å²) in [6, 6.07) is 7.97. The number of nitrogens with one attached hydrogen (secondary N) is 1. The lowest BCUT2D eigenvalue weighted by molar-refractivity contribution is -0.121. The summed E-state index contributed by atoms with van der Waals surface area (Å²) in [6.45, 7) is 4.09. The number of nitrogen functional groups attached to an aromatic ring is 1. The number of nitrogens with two attached hydrogens (primary N) is 1. The third kappa shape index (κ3) is 4.23. The molecule has 0 aliphatic heterocycles. The summed E-state index contributed by atoms with van der Waals surface area (Å²) in [5.74, 6) is 7.30. The predicted octanol–water partition coefficient (Wildman–Crippen LogP) is 3.60. The first-order valence-electron chi connectivity index (χ1n) is 8.89. The van der Waals surface area contributed by atoms with Gasteiger partial charge < -0.3 is 11.2 Å². The standard InChI is InChI=1S/C18H24BrN5OS/c1-11-7-3-6-10-15(11)21-17(25)12(2)26-18-23-22-16(24(18)20)13-8-4-5-9-14(13)19/h4-5,8-9,11-12,15H,3,6-7,10,20H2,1-2H3,(H,21,25). The van der Waals surface area contributed by atoms with E-state index in [0.717, 1.165) is 16.5 Å². The van der Waals surface area contributed by atoms with E-state index in [2.05, 4.69) is 38.4 Å². The number of nitrogens with zero attached hydrogens (tertiary/aromatic N) is 3. The minimum absolute atomic E-state index is 0.0270. The van der Waals surface area contributed by atoms with Crippen molar-refractivity contribution in [3.05, 3.63) is 28.7 Å². The van der Waals surface area contributed by atoms with Crippen LogP contribution in [0.1, 0.15) is 39.5 Å². The molecule has 8 heteroatoms. The lowest BCUT2D eigenvalue weighted by atomic mass is 9.86. The summed E-state index contributed by atoms with van der Waals surface area (Å²) in [4.78, 5) is 12.6. The van der Waals surface area contributed by atoms with E-state index in [9.17, 15) is 4.79 Å². The Morgan fingerprint density at radius 2 is 2.08 bits per heavy atom. The Kier molecular flexibility index (Phi) is 6.24. The number of hydrogen-bond acceptors (Lipinski definition) is 5. The quantitative estimate of drug-likeness (QED) is 0.551. The van der Waals surface area contributed by atoms with Gasteiger partial charge in [0, 0.05) is 16.1 Å². The number of aromatic nitrogens is 3. The molecule has 1 amide bonds. The number of rotatable bonds is 5. The van der Waals surface area contributed by atoms with Crippen LogP contribution in [-0.2, 0) is 4.79 Å². The largest absolute Gasteiger partial charge is 0.352 e. The molecule has 0 saturated heterocycles. The number of hydrogen-bond donors (Lipinski definition) is 2. The van der Waals surface area contributed by atoms with Gasteiger partial charge in [-0.25, -0.2) is 4.68 Å². The van der Waals surface area contributed by atoms with Gasteiger partial charge >= 0.3 is 0 Å². The third-order valence-electron chi connectivity index (χ3n) is 4.87. The number of amides is 1. The summed E-state index contributed by atoms with van der Waals surface area (Å²) in [5, 5.41) is 11.8. The van der Waals surface area contributed by atoms with Crippen LogP contribution in [0.4, 0.5) is 0 Å². The monoisotopic (exact) mass is 437 g/mol. The molecule has 1 aliphatic carbocycles. The van der Waals surface area contributed by atoms with E-state index in [1.165, 1.54) is 35.7 Å². The summed E-state index contributed by atoms with van der Waals surface area (Å²) in [7, 11) is 0. The van der Waals surface area contributed by atoms with Crippen LogP contribution < -0.4 is 11.2 Å². The molecule has 2 aromatic rings. The van der Waals surface area contributed by atoms with Crippen LogP contribution in [0.5, 0.6) is 0 Å². The maximum atomic E-state index is 12.6. The number of halogens is 1. The van der Waals surface area contributed by atoms with Gasteiger partial charge in [-0.1, -0.05) is 59.6 Å². The fraction of sp³-hybridized carbons (Fsp3) is 0.500. The van der Waals surface area contributed by atoms with Gasteiger partial charge in [0.05, 0.1) is 5.25 Å². The van der Waals surface area contributed by atoms with Gasteiger partial charge in [-0.05, 0) is 37.8 Å². The van der Waals surface area contributed by atoms with Crippen molar-refractivity contribution < 1.29 is 4.79 Å². The second kappa shape index (κ2) is 8.43. The van der Waals surface area contributed by atoms with Crippen molar-refractivity contribution in [2.75, 3.05) is 5.84 Å². The molecule has 26 heavy (non-hydrogen) atoms. The highest BCUT2D eigenvalue weighted by atomic mass is 79.9. The maximum absolute atomic E-state index is 12.6. The Morgan fingerprint density at radius 1 is 1.35 bits per heavy atom. The van der Waals surface area contributed by atoms with Crippen molar-refractivity contribution in [2.45, 2.75) is 56.0 Å². The highest BCUT2D eigenvalue weighted by molar-refractivity contribution is 9.10. The Morgan fingerprint density at radius 3 is 2.81 bits per heavy atom. The molecule has 3 unspecified atom stereocenters. The van der Waals surface area contributed by atoms with E-state index in [4.69, 9.17) is 5.84 Å². The smallest absolute Gasteiger partial charge is 0.233 e. The molecule has 1 saturated carbocycles. The summed E-state index contributed by atoms with van der Waals surface area (Å²) in [5.41, 5.74) is 0.863. The molecule has 3 N–H and O–H groups in total. The molecule has 0 spiro atoms. The van der Waals surface area contributed by atoms with Crippen LogP contribution in [0.25, 0.3) is 11.4 Å². The van der Waals surface area contributed by atoms with Crippen LogP contribution in [0.2, 0.25) is 0 Å². The van der Waals surface area contributed by atoms with Crippen molar-refractivity contribution in [1.29, 1.82) is 0 Å². The van der Waals surface area contributed by atoms with Crippen LogP contribution >= 0.6 is 27.7 Å². The van der Waals surface area contributed by atoms with Gasteiger partial charge in [0.2, 0.25) is 11.1 Å². The topological polar surface area (TPSA) is 85.8 Å². The van der Waals surface area contributed by atoms with Crippen molar-refractivity contribution >= 4 is 33.6 Å². The molecule has 1 fully saturated rings. The first-order valence-corrected chi connectivity index (χ1v) is 10.6. The Hall–Kier alpha value is -1.54. The number of carbonyl (C=O) groups is 1. The zero-order valence-electron chi connectivity index (χ0n) is 15.0. The Balaban J connectivity index is 1.67. The average Bonchev–Trinajstić information content (AvgIpc) is 2.98. The molecule has 1 aromatic carbocycles. The fourth-order valence-corrected chi connectivity index (χ4v) is 4.47. The summed E-state index contributed by atoms with van der Waals surface area (Å²) in [6.07, 6.45) is 4.68. The number of benzene rings is 1. The van der Waals surface area contributed by atoms with E-state index >= 15 is 0 Å². The molecule has 140 valence electrons. The minimum Gasteiger partial charge on any atom is -0.352 e. The average molecular weight is 438 g/mol. The van der Waals surface area contributed by atoms with Crippen LogP contribution in [0.15, 0.2) is 33.9 Å². The normalized spacial score (nSPS) is 21.3. The molecule has 1 aromatic heterocycles. The van der Waals surface area contributed by atoms with E-state index in [0.29, 0.717) is 16.9 Å². The second-order valence-corrected chi connectivity index (χ2v) is 8.96. The zero-order valence-corrected chi connectivity index (χ0v) is 17.4. The molecular formula is C18H24BrN5OS. The Bertz CT molecular complexity index is 781. The van der Waals surface area contributed by atoms with Gasteiger partial charge in [0.1, 0.15) is 0 Å². The van der Waals surface area contributed by atoms with Gasteiger partial charge in [-0.15, -0.1) is 10.2 Å². The second-order valence-electron chi connectivity index (χ2n) is 6.79. The molecule has 0 radical (unpaired) electrons. The lowest BCUT2D eigenvalue weighted by Crippen LogP contribution is -2.44. The molecule has 1 heterocycles. The maximum Gasteiger partial charge on any atom is 0.233 e. The Labute approximate surface area is 166 Å². The van der Waals surface area contributed by atoms with Crippen LogP contribution in [0, 0.1) is 5.92 Å². The highest BCUT2D eigenvalue weighted by Gasteiger charge is 2.26. The van der Waals surface area contributed by atoms with Crippen LogP contribution in [0.3, 0.4) is 0 Å². The zero-order chi connectivity index (χ0) is 18.7. The fourth-order valence-electron chi connectivity index (χ4n) is 3.23. The summed E-state index contributed by atoms with van der Waals surface area (Å²) >= 11 is 4.83. The highest BCUT2D eigenvalue weighted by Crippen LogP contribution is 2.30. The molecular weight excluding hydrogens is 414 g/mol. The van der Waals surface area contributed by atoms with Crippen molar-refractivity contribution in [2.24, 2.45) is 5.92 Å². The van der Waals surface area contributed by atoms with Crippen molar-refractivity contribution in [3.63, 3.8) is 0 Å². The van der Waals surface area contributed by atoms with Crippen molar-refractivity contribution in [1.82, 2.24) is 20.2 Å². The van der Waals surface area contributed by atoms with E-state index in [-0.39, 0.29) is 17.2 Å². The molecule has 3 rings (SSSR count). The number of thioether (sulfide) groups is 1. The molecule has 6 nitrogen and oxygen atoms in total. The lowest BCUT2D eigenvalue weighted by Gasteiger charge is -2.30. The first-order chi connectivity index (χ1) is 12.5. The molecule has 0 bridgehead atoms. The third-order valence-corrected chi connectivity index (χ3v) is 6.62. The van der Waals surface area contributed by atoms with Crippen LogP contribution in [-0.4, -0.2) is 32.1 Å². The predicted molar refractivity (Wildman–Crippen MR) is 108 cm³/mol. The number of carbonyl (C=O) groups excluding carboxylic acids is 1. The van der Waals surface area contributed by atoms with Gasteiger partial charge in [-0.3, -0.25) is 4.79 Å². The summed E-state index contributed by atoms with van der Waals surface area (Å²) < 4.78 is 2.34. The first kappa shape index (κ1) is 19.2. The minimum atomic E-state index is -0.289. The van der Waals surface area contributed by atoms with Crippen molar-refractivity contribution in [3.8, 4) is 11.4 Å². The van der Waals surface area contributed by atoms with E-state index in [1.54, 1.807) is 0 Å². The van der Waals surface area contributed by atoms with E-state index in [1.807, 2.05) is 31.2 Å².